The van der Waals surface area contributed by atoms with Crippen LogP contribution in [-0.2, 0) is 4.79 Å². The monoisotopic (exact) mass is 207 g/mol. The number of carbonyl (C=O) groups excluding carboxylic acids is 1. The van der Waals surface area contributed by atoms with Gasteiger partial charge in [-0.25, -0.2) is 0 Å². The first-order valence-electron chi connectivity index (χ1n) is 5.21. The van der Waals surface area contributed by atoms with E-state index in [1.54, 1.807) is 17.9 Å². The fourth-order valence-electron chi connectivity index (χ4n) is 2.70. The Morgan fingerprint density at radius 2 is 2.00 bits per heavy atom. The Morgan fingerprint density at radius 1 is 1.40 bits per heavy atom. The highest BCUT2D eigenvalue weighted by Crippen LogP contribution is 2.40. The summed E-state index contributed by atoms with van der Waals surface area (Å²) >= 11 is 0. The summed E-state index contributed by atoms with van der Waals surface area (Å²) in [5.41, 5.74) is 0.432. The zero-order valence-corrected chi connectivity index (χ0v) is 9.66. The minimum Gasteiger partial charge on any atom is -0.386 e. The van der Waals surface area contributed by atoms with Crippen molar-refractivity contribution in [2.24, 2.45) is 0 Å². The Kier molecular flexibility index (Phi) is 1.90. The maximum atomic E-state index is 11.9. The van der Waals surface area contributed by atoms with Gasteiger partial charge in [0, 0.05) is 23.2 Å². The molecular weight excluding hydrogens is 190 g/mol. The van der Waals surface area contributed by atoms with Gasteiger partial charge in [0.25, 0.3) is 5.91 Å². The molecule has 2 rings (SSSR count). The summed E-state index contributed by atoms with van der Waals surface area (Å²) in [4.78, 5) is 13.7. The summed E-state index contributed by atoms with van der Waals surface area (Å²) in [7, 11) is 0. The molecule has 0 saturated heterocycles. The molecule has 0 aromatic carbocycles. The smallest absolute Gasteiger partial charge is 0.254 e. The number of allylic oxidation sites excluding steroid dienone is 1. The molecule has 0 bridgehead atoms. The molecule has 15 heavy (non-hydrogen) atoms. The number of aliphatic hydroxyl groups is 1. The van der Waals surface area contributed by atoms with Gasteiger partial charge in [0.1, 0.15) is 0 Å². The SMILES string of the molecule is CC1=CC2=C[C@@](C)(O)CC(C)(C)N2C1=O. The molecule has 0 fully saturated rings. The summed E-state index contributed by atoms with van der Waals surface area (Å²) in [6, 6.07) is 0. The second-order valence-corrected chi connectivity index (χ2v) is 5.38. The number of carbonyl (C=O) groups is 1. The van der Waals surface area contributed by atoms with E-state index in [2.05, 4.69) is 0 Å². The standard InChI is InChI=1S/C12H17NO2/c1-8-5-9-6-12(4,15)7-11(2,3)13(9)10(8)14/h5-6,15H,7H2,1-4H3/t12-/m1/s1. The Hall–Kier alpha value is -1.09. The first-order chi connectivity index (χ1) is 6.73. The molecule has 3 nitrogen and oxygen atoms in total. The van der Waals surface area contributed by atoms with Gasteiger partial charge in [0.15, 0.2) is 0 Å². The lowest BCUT2D eigenvalue weighted by Crippen LogP contribution is -2.52. The van der Waals surface area contributed by atoms with Crippen LogP contribution in [0.4, 0.5) is 0 Å². The van der Waals surface area contributed by atoms with Gasteiger partial charge >= 0.3 is 0 Å². The second-order valence-electron chi connectivity index (χ2n) is 5.38. The van der Waals surface area contributed by atoms with Gasteiger partial charge in [0.05, 0.1) is 5.60 Å². The molecule has 0 saturated carbocycles. The number of hydrogen-bond acceptors (Lipinski definition) is 2. The zero-order chi connectivity index (χ0) is 11.4. The summed E-state index contributed by atoms with van der Waals surface area (Å²) in [6.45, 7) is 7.56. The number of amides is 1. The molecule has 1 amide bonds. The largest absolute Gasteiger partial charge is 0.386 e. The van der Waals surface area contributed by atoms with E-state index in [1.165, 1.54) is 0 Å². The molecule has 3 heteroatoms. The summed E-state index contributed by atoms with van der Waals surface area (Å²) in [5, 5.41) is 10.1. The van der Waals surface area contributed by atoms with Crippen molar-refractivity contribution in [2.45, 2.75) is 45.3 Å². The van der Waals surface area contributed by atoms with Gasteiger partial charge in [-0.05, 0) is 39.8 Å². The van der Waals surface area contributed by atoms with Crippen molar-refractivity contribution in [3.05, 3.63) is 23.4 Å². The lowest BCUT2D eigenvalue weighted by molar-refractivity contribution is -0.130. The van der Waals surface area contributed by atoms with E-state index < -0.39 is 5.60 Å². The fraction of sp³-hybridized carbons (Fsp3) is 0.583. The van der Waals surface area contributed by atoms with Crippen LogP contribution >= 0.6 is 0 Å². The van der Waals surface area contributed by atoms with E-state index in [0.29, 0.717) is 6.42 Å². The van der Waals surface area contributed by atoms with Crippen LogP contribution in [0.2, 0.25) is 0 Å². The van der Waals surface area contributed by atoms with Gasteiger partial charge in [-0.2, -0.15) is 0 Å². The average Bonchev–Trinajstić information content (AvgIpc) is 2.22. The molecule has 0 spiro atoms. The molecule has 1 atom stereocenters. The van der Waals surface area contributed by atoms with Crippen molar-refractivity contribution in [1.82, 2.24) is 4.90 Å². The van der Waals surface area contributed by atoms with Crippen LogP contribution in [-0.4, -0.2) is 27.1 Å². The third-order valence-corrected chi connectivity index (χ3v) is 3.02. The molecule has 0 radical (unpaired) electrons. The lowest BCUT2D eigenvalue weighted by atomic mass is 9.82. The molecule has 0 aromatic rings. The van der Waals surface area contributed by atoms with E-state index in [4.69, 9.17) is 0 Å². The van der Waals surface area contributed by atoms with E-state index in [1.807, 2.05) is 26.8 Å². The molecule has 0 aromatic heterocycles. The Morgan fingerprint density at radius 3 is 2.60 bits per heavy atom. The molecule has 2 heterocycles. The lowest BCUT2D eigenvalue weighted by Gasteiger charge is -2.44. The van der Waals surface area contributed by atoms with Gasteiger partial charge in [-0.3, -0.25) is 4.79 Å². The van der Waals surface area contributed by atoms with Gasteiger partial charge in [0.2, 0.25) is 0 Å². The van der Waals surface area contributed by atoms with Crippen LogP contribution in [0.3, 0.4) is 0 Å². The average molecular weight is 207 g/mol. The number of fused-ring (bicyclic) bond motifs is 1. The third kappa shape index (κ3) is 1.51. The number of hydrogen-bond donors (Lipinski definition) is 1. The van der Waals surface area contributed by atoms with Crippen molar-refractivity contribution < 1.29 is 9.90 Å². The van der Waals surface area contributed by atoms with Crippen molar-refractivity contribution >= 4 is 5.91 Å². The summed E-state index contributed by atoms with van der Waals surface area (Å²) in [5.74, 6) is 0.0572. The van der Waals surface area contributed by atoms with E-state index in [0.717, 1.165) is 11.3 Å². The highest BCUT2D eigenvalue weighted by atomic mass is 16.3. The third-order valence-electron chi connectivity index (χ3n) is 3.02. The van der Waals surface area contributed by atoms with Gasteiger partial charge in [-0.15, -0.1) is 0 Å². The number of nitrogens with zero attached hydrogens (tertiary/aromatic N) is 1. The Labute approximate surface area is 90.1 Å². The molecule has 1 N–H and O–H groups in total. The van der Waals surface area contributed by atoms with Crippen molar-refractivity contribution in [3.63, 3.8) is 0 Å². The molecule has 2 aliphatic rings. The van der Waals surface area contributed by atoms with Crippen LogP contribution < -0.4 is 0 Å². The second kappa shape index (κ2) is 2.73. The topological polar surface area (TPSA) is 40.5 Å². The molecule has 82 valence electrons. The first kappa shape index (κ1) is 10.4. The van der Waals surface area contributed by atoms with Crippen LogP contribution in [0.1, 0.15) is 34.1 Å². The van der Waals surface area contributed by atoms with Crippen LogP contribution in [0.25, 0.3) is 0 Å². The van der Waals surface area contributed by atoms with Gasteiger partial charge in [-0.1, -0.05) is 0 Å². The zero-order valence-electron chi connectivity index (χ0n) is 9.66. The minimum atomic E-state index is -0.823. The van der Waals surface area contributed by atoms with Crippen molar-refractivity contribution in [2.75, 3.05) is 0 Å². The summed E-state index contributed by atoms with van der Waals surface area (Å²) in [6.07, 6.45) is 4.18. The highest BCUT2D eigenvalue weighted by molar-refractivity contribution is 5.99. The van der Waals surface area contributed by atoms with Crippen LogP contribution in [0, 0.1) is 0 Å². The van der Waals surface area contributed by atoms with Crippen LogP contribution in [0.5, 0.6) is 0 Å². The maximum Gasteiger partial charge on any atom is 0.254 e. The van der Waals surface area contributed by atoms with Crippen molar-refractivity contribution in [3.8, 4) is 0 Å². The van der Waals surface area contributed by atoms with E-state index >= 15 is 0 Å². The van der Waals surface area contributed by atoms with Crippen LogP contribution in [0.15, 0.2) is 23.4 Å². The maximum absolute atomic E-state index is 11.9. The quantitative estimate of drug-likeness (QED) is 0.655. The molecular formula is C12H17NO2. The summed E-state index contributed by atoms with van der Waals surface area (Å²) < 4.78 is 0. The van der Waals surface area contributed by atoms with E-state index in [9.17, 15) is 9.90 Å². The van der Waals surface area contributed by atoms with Crippen molar-refractivity contribution in [1.29, 1.82) is 0 Å². The minimum absolute atomic E-state index is 0.0572. The Bertz CT molecular complexity index is 388. The molecule has 0 aliphatic carbocycles. The van der Waals surface area contributed by atoms with E-state index in [-0.39, 0.29) is 11.4 Å². The first-order valence-corrected chi connectivity index (χ1v) is 5.21. The normalized spacial score (nSPS) is 33.7. The predicted molar refractivity (Wildman–Crippen MR) is 58.0 cm³/mol. The fourth-order valence-corrected chi connectivity index (χ4v) is 2.70. The highest BCUT2D eigenvalue weighted by Gasteiger charge is 2.45. The predicted octanol–water partition coefficient (Wildman–Crippen LogP) is 1.59. The van der Waals surface area contributed by atoms with Gasteiger partial charge < -0.3 is 10.0 Å². The molecule has 2 aliphatic heterocycles. The molecule has 0 unspecified atom stereocenters. The number of rotatable bonds is 0. The Balaban J connectivity index is 2.52.